The van der Waals surface area contributed by atoms with Gasteiger partial charge in [-0.15, -0.1) is 0 Å². The van der Waals surface area contributed by atoms with Gasteiger partial charge in [0, 0.05) is 30.6 Å². The Balaban J connectivity index is 1.43. The topological polar surface area (TPSA) is 118 Å². The summed E-state index contributed by atoms with van der Waals surface area (Å²) in [7, 11) is 1.37. The van der Waals surface area contributed by atoms with Crippen LogP contribution in [0.25, 0.3) is 0 Å². The smallest absolute Gasteiger partial charge is 0.344 e. The van der Waals surface area contributed by atoms with Crippen LogP contribution in [0.1, 0.15) is 41.3 Å². The third-order valence-corrected chi connectivity index (χ3v) is 9.37. The van der Waals surface area contributed by atoms with Crippen molar-refractivity contribution < 1.29 is 34.0 Å². The van der Waals surface area contributed by atoms with Gasteiger partial charge in [-0.1, -0.05) is 24.3 Å². The van der Waals surface area contributed by atoms with Crippen LogP contribution in [0.15, 0.2) is 48.2 Å². The fourth-order valence-corrected chi connectivity index (χ4v) is 7.75. The molecule has 37 heavy (non-hydrogen) atoms. The summed E-state index contributed by atoms with van der Waals surface area (Å²) < 4.78 is 17.3. The summed E-state index contributed by atoms with van der Waals surface area (Å²) in [6.07, 6.45) is 2.63. The number of carbonyl (C=O) groups excluding carboxylic acids is 2. The second-order valence-electron chi connectivity index (χ2n) is 10.7. The van der Waals surface area contributed by atoms with Crippen molar-refractivity contribution in [1.82, 2.24) is 4.90 Å². The van der Waals surface area contributed by atoms with E-state index in [9.17, 15) is 19.8 Å². The van der Waals surface area contributed by atoms with E-state index in [0.717, 1.165) is 11.3 Å². The molecule has 0 aromatic heterocycles. The molecule has 2 fully saturated rings. The summed E-state index contributed by atoms with van der Waals surface area (Å²) in [6.45, 7) is 3.41. The number of benzene rings is 2. The zero-order valence-electron chi connectivity index (χ0n) is 20.6. The maximum atomic E-state index is 13.6. The zero-order chi connectivity index (χ0) is 25.7. The predicted octanol–water partition coefficient (Wildman–Crippen LogP) is 2.86. The van der Waals surface area contributed by atoms with E-state index in [-0.39, 0.29) is 35.3 Å². The molecule has 0 radical (unpaired) electrons. The Morgan fingerprint density at radius 1 is 1.19 bits per heavy atom. The molecule has 7 rings (SSSR count). The average molecular weight is 505 g/mol. The van der Waals surface area contributed by atoms with Crippen molar-refractivity contribution in [2.45, 2.75) is 43.1 Å². The molecule has 2 aromatic carbocycles. The van der Waals surface area contributed by atoms with Gasteiger partial charge >= 0.3 is 11.9 Å². The lowest BCUT2D eigenvalue weighted by Gasteiger charge is -2.62. The third kappa shape index (κ3) is 2.62. The van der Waals surface area contributed by atoms with Gasteiger partial charge < -0.3 is 29.7 Å². The third-order valence-electron chi connectivity index (χ3n) is 9.37. The molecular formula is C28H28N2O7. The quantitative estimate of drug-likeness (QED) is 0.398. The number of para-hydroxylation sites is 1. The number of anilines is 1. The first-order valence-electron chi connectivity index (χ1n) is 12.7. The van der Waals surface area contributed by atoms with Crippen LogP contribution in [0, 0.1) is 11.8 Å². The maximum absolute atomic E-state index is 13.6. The highest BCUT2D eigenvalue weighted by Gasteiger charge is 2.72. The number of aromatic hydroxyl groups is 2. The number of nitrogens with one attached hydrogen (secondary N) is 1. The highest BCUT2D eigenvalue weighted by Crippen LogP contribution is 2.64. The molecule has 0 bridgehead atoms. The second kappa shape index (κ2) is 7.41. The predicted molar refractivity (Wildman–Crippen MR) is 131 cm³/mol. The standard InChI is InChI=1S/C28H28N2O7/c1-14-16-12-30-10-9-27-18-5-3-4-6-20(18)29-28(27,22(30)11-15(16)17(13-36-14)25(33)35-2)37-26(34)23-19(27)7-8-21(31)24(23)32/h3-8,13-16,22,29,31-32H,9-12H2,1-2H3/t14-,15-,16+,22-,27+,28-/m0/s1. The van der Waals surface area contributed by atoms with Crippen LogP contribution in [0.4, 0.5) is 5.69 Å². The van der Waals surface area contributed by atoms with Gasteiger partial charge in [0.25, 0.3) is 0 Å². The summed E-state index contributed by atoms with van der Waals surface area (Å²) in [5.74, 6) is -1.98. The molecular weight excluding hydrogens is 476 g/mol. The largest absolute Gasteiger partial charge is 0.504 e. The van der Waals surface area contributed by atoms with Crippen LogP contribution in [0.5, 0.6) is 11.5 Å². The van der Waals surface area contributed by atoms with Crippen molar-refractivity contribution in [2.24, 2.45) is 11.8 Å². The highest BCUT2D eigenvalue weighted by molar-refractivity contribution is 5.99. The number of methoxy groups -OCH3 is 1. The molecule has 9 heteroatoms. The van der Waals surface area contributed by atoms with Crippen LogP contribution >= 0.6 is 0 Å². The molecule has 5 aliphatic heterocycles. The number of phenolic OH excluding ortho intramolecular Hbond substituents is 2. The number of fused-ring (bicyclic) bond motifs is 4. The van der Waals surface area contributed by atoms with E-state index in [2.05, 4.69) is 10.2 Å². The summed E-state index contributed by atoms with van der Waals surface area (Å²) in [6, 6.07) is 10.8. The number of piperidine rings is 2. The van der Waals surface area contributed by atoms with Crippen molar-refractivity contribution in [3.8, 4) is 11.5 Å². The Morgan fingerprint density at radius 3 is 2.81 bits per heavy atom. The van der Waals surface area contributed by atoms with Gasteiger partial charge in [0.1, 0.15) is 5.56 Å². The number of carbonyl (C=O) groups is 2. The van der Waals surface area contributed by atoms with Crippen LogP contribution in [0.3, 0.4) is 0 Å². The summed E-state index contributed by atoms with van der Waals surface area (Å²) in [5, 5.41) is 24.6. The van der Waals surface area contributed by atoms with Crippen molar-refractivity contribution in [2.75, 3.05) is 25.5 Å². The first-order valence-corrected chi connectivity index (χ1v) is 12.7. The van der Waals surface area contributed by atoms with Crippen molar-refractivity contribution in [3.63, 3.8) is 0 Å². The van der Waals surface area contributed by atoms with Crippen LogP contribution in [-0.2, 0) is 24.4 Å². The van der Waals surface area contributed by atoms with E-state index in [1.807, 2.05) is 31.2 Å². The minimum Gasteiger partial charge on any atom is -0.504 e. The van der Waals surface area contributed by atoms with Gasteiger partial charge in [-0.2, -0.15) is 0 Å². The lowest BCUT2D eigenvalue weighted by molar-refractivity contribution is -0.154. The minimum absolute atomic E-state index is 0.00565. The molecule has 2 saturated heterocycles. The van der Waals surface area contributed by atoms with Gasteiger partial charge in [-0.05, 0) is 43.0 Å². The number of esters is 2. The molecule has 0 spiro atoms. The van der Waals surface area contributed by atoms with Gasteiger partial charge in [0.05, 0.1) is 36.5 Å². The number of phenols is 2. The Bertz CT molecular complexity index is 1390. The van der Waals surface area contributed by atoms with Crippen LogP contribution in [0.2, 0.25) is 0 Å². The number of hydrogen-bond acceptors (Lipinski definition) is 9. The first kappa shape index (κ1) is 22.5. The van der Waals surface area contributed by atoms with Crippen molar-refractivity contribution in [3.05, 3.63) is 64.9 Å². The van der Waals surface area contributed by atoms with Gasteiger partial charge in [-0.3, -0.25) is 4.90 Å². The molecule has 192 valence electrons. The fraction of sp³-hybridized carbons (Fsp3) is 0.429. The number of nitrogens with zero attached hydrogens (tertiary/aromatic N) is 1. The lowest BCUT2D eigenvalue weighted by atomic mass is 9.57. The van der Waals surface area contributed by atoms with Gasteiger partial charge in [0.2, 0.25) is 5.72 Å². The molecule has 0 amide bonds. The molecule has 0 saturated carbocycles. The van der Waals surface area contributed by atoms with Crippen LogP contribution in [-0.4, -0.2) is 65.1 Å². The summed E-state index contributed by atoms with van der Waals surface area (Å²) in [5.41, 5.74) is 1.03. The average Bonchev–Trinajstić information content (AvgIpc) is 3.21. The molecule has 5 heterocycles. The Labute approximate surface area is 213 Å². The number of rotatable bonds is 1. The summed E-state index contributed by atoms with van der Waals surface area (Å²) in [4.78, 5) is 28.6. The SMILES string of the molecule is COC(=O)C1=CO[C@@H](C)[C@H]2CN3CC[C@]45c6ccccc6N[C@]4(OC(=O)c4c5ccc(O)c4O)[C@@H]3C[C@H]12. The van der Waals surface area contributed by atoms with E-state index < -0.39 is 28.8 Å². The van der Waals surface area contributed by atoms with E-state index in [0.29, 0.717) is 37.1 Å². The molecule has 2 aromatic rings. The lowest BCUT2D eigenvalue weighted by Crippen LogP contribution is -2.75. The highest BCUT2D eigenvalue weighted by atomic mass is 16.6. The maximum Gasteiger partial charge on any atom is 0.344 e. The molecule has 0 unspecified atom stereocenters. The monoisotopic (exact) mass is 504 g/mol. The zero-order valence-corrected chi connectivity index (χ0v) is 20.6. The first-order chi connectivity index (χ1) is 17.8. The van der Waals surface area contributed by atoms with E-state index in [1.54, 1.807) is 6.07 Å². The molecule has 5 aliphatic rings. The van der Waals surface area contributed by atoms with Crippen molar-refractivity contribution >= 4 is 17.6 Å². The van der Waals surface area contributed by atoms with Crippen molar-refractivity contribution in [1.29, 1.82) is 0 Å². The molecule has 3 N–H and O–H groups in total. The Kier molecular flexibility index (Phi) is 4.50. The molecule has 6 atom stereocenters. The van der Waals surface area contributed by atoms with Gasteiger partial charge in [-0.25, -0.2) is 9.59 Å². The van der Waals surface area contributed by atoms with E-state index >= 15 is 0 Å². The molecule has 9 nitrogen and oxygen atoms in total. The van der Waals surface area contributed by atoms with Crippen LogP contribution < -0.4 is 5.32 Å². The Hall–Kier alpha value is -3.72. The Morgan fingerprint density at radius 2 is 2.00 bits per heavy atom. The molecule has 0 aliphatic carbocycles. The number of ether oxygens (including phenoxy) is 3. The second-order valence-corrected chi connectivity index (χ2v) is 10.7. The fourth-order valence-electron chi connectivity index (χ4n) is 7.75. The summed E-state index contributed by atoms with van der Waals surface area (Å²) >= 11 is 0. The number of hydrogen-bond donors (Lipinski definition) is 3. The van der Waals surface area contributed by atoms with Gasteiger partial charge in [0.15, 0.2) is 11.5 Å². The minimum atomic E-state index is -1.17. The van der Waals surface area contributed by atoms with E-state index in [1.165, 1.54) is 19.4 Å². The van der Waals surface area contributed by atoms with E-state index in [4.69, 9.17) is 14.2 Å². The normalized spacial score (nSPS) is 35.1.